The highest BCUT2D eigenvalue weighted by atomic mass is 16.3. The largest absolute Gasteiger partial charge is 0.391 e. The van der Waals surface area contributed by atoms with Gasteiger partial charge in [0.1, 0.15) is 0 Å². The molecule has 2 atom stereocenters. The molecule has 3 N–H and O–H groups in total. The maximum absolute atomic E-state index is 12.0. The van der Waals surface area contributed by atoms with Crippen LogP contribution in [0.1, 0.15) is 57.8 Å². The van der Waals surface area contributed by atoms with Crippen molar-refractivity contribution in [1.29, 1.82) is 0 Å². The van der Waals surface area contributed by atoms with E-state index in [-0.39, 0.29) is 18.2 Å². The molecule has 2 aliphatic carbocycles. The van der Waals surface area contributed by atoms with Gasteiger partial charge in [-0.2, -0.15) is 0 Å². The summed E-state index contributed by atoms with van der Waals surface area (Å²) < 4.78 is 0. The molecule has 2 unspecified atom stereocenters. The summed E-state index contributed by atoms with van der Waals surface area (Å²) in [5.74, 6) is -0.139. The van der Waals surface area contributed by atoms with Crippen molar-refractivity contribution in [2.24, 2.45) is 5.92 Å². The smallest absolute Gasteiger partial charge is 0.309 e. The molecule has 3 rings (SSSR count). The minimum Gasteiger partial charge on any atom is -0.391 e. The Morgan fingerprint density at radius 2 is 1.75 bits per heavy atom. The van der Waals surface area contributed by atoms with Crippen molar-refractivity contribution in [3.8, 4) is 0 Å². The Balaban J connectivity index is 1.31. The van der Waals surface area contributed by atoms with Crippen LogP contribution in [0.15, 0.2) is 0 Å². The number of aliphatic hydroxyl groups is 1. The minimum atomic E-state index is -0.501. The molecule has 1 aliphatic heterocycles. The highest BCUT2D eigenvalue weighted by Gasteiger charge is 2.33. The molecule has 136 valence electrons. The van der Waals surface area contributed by atoms with E-state index >= 15 is 0 Å². The number of nitrogens with zero attached hydrogens (tertiary/aromatic N) is 1. The summed E-state index contributed by atoms with van der Waals surface area (Å²) in [4.78, 5) is 26.1. The van der Waals surface area contributed by atoms with Gasteiger partial charge in [0.25, 0.3) is 0 Å². The Bertz CT molecular complexity index is 445. The third-order valence-corrected chi connectivity index (χ3v) is 5.76. The summed E-state index contributed by atoms with van der Waals surface area (Å²) >= 11 is 0. The predicted molar refractivity (Wildman–Crippen MR) is 91.4 cm³/mol. The lowest BCUT2D eigenvalue weighted by atomic mass is 10.0. The van der Waals surface area contributed by atoms with Crippen LogP contribution in [0.4, 0.5) is 0 Å². The monoisotopic (exact) mass is 337 g/mol. The summed E-state index contributed by atoms with van der Waals surface area (Å²) in [5.41, 5.74) is 0. The molecule has 0 aromatic carbocycles. The Morgan fingerprint density at radius 3 is 2.38 bits per heavy atom. The van der Waals surface area contributed by atoms with Gasteiger partial charge < -0.3 is 15.7 Å². The Hall–Kier alpha value is -1.14. The van der Waals surface area contributed by atoms with E-state index in [1.807, 2.05) is 0 Å². The average molecular weight is 337 g/mol. The molecule has 6 heteroatoms. The molecule has 2 saturated carbocycles. The van der Waals surface area contributed by atoms with E-state index < -0.39 is 11.8 Å². The topological polar surface area (TPSA) is 81.7 Å². The van der Waals surface area contributed by atoms with E-state index in [2.05, 4.69) is 15.5 Å². The molecule has 1 heterocycles. The molecule has 0 aromatic heterocycles. The third-order valence-electron chi connectivity index (χ3n) is 5.76. The molecule has 6 nitrogen and oxygen atoms in total. The second kappa shape index (κ2) is 8.30. The number of rotatable bonds is 6. The summed E-state index contributed by atoms with van der Waals surface area (Å²) in [6, 6.07) is 0.362. The first-order chi connectivity index (χ1) is 11.6. The highest BCUT2D eigenvalue weighted by molar-refractivity contribution is 6.35. The number of likely N-dealkylation sites (tertiary alicyclic amines) is 1. The number of carbonyl (C=O) groups excluding carboxylic acids is 2. The van der Waals surface area contributed by atoms with Gasteiger partial charge in [-0.25, -0.2) is 0 Å². The van der Waals surface area contributed by atoms with E-state index in [0.29, 0.717) is 6.54 Å². The lowest BCUT2D eigenvalue weighted by Crippen LogP contribution is -2.52. The first-order valence-corrected chi connectivity index (χ1v) is 9.64. The van der Waals surface area contributed by atoms with Crippen LogP contribution in [0.2, 0.25) is 0 Å². The molecule has 3 aliphatic rings. The zero-order valence-electron chi connectivity index (χ0n) is 14.5. The Labute approximate surface area is 144 Å². The fourth-order valence-corrected chi connectivity index (χ4v) is 4.05. The predicted octanol–water partition coefficient (Wildman–Crippen LogP) is 0.787. The van der Waals surface area contributed by atoms with Gasteiger partial charge in [-0.1, -0.05) is 12.8 Å². The Morgan fingerprint density at radius 1 is 1.00 bits per heavy atom. The van der Waals surface area contributed by atoms with Crippen LogP contribution in [0.3, 0.4) is 0 Å². The van der Waals surface area contributed by atoms with E-state index in [1.165, 1.54) is 12.8 Å². The number of carbonyl (C=O) groups is 2. The molecule has 0 aromatic rings. The SMILES string of the molecule is O=C(NCCCC1CC1)C(=O)NC1CCN(C2CCCC2O)CC1. The van der Waals surface area contributed by atoms with Gasteiger partial charge in [-0.15, -0.1) is 0 Å². The van der Waals surface area contributed by atoms with E-state index in [4.69, 9.17) is 0 Å². The fourth-order valence-electron chi connectivity index (χ4n) is 4.05. The van der Waals surface area contributed by atoms with Crippen LogP contribution in [0.5, 0.6) is 0 Å². The minimum absolute atomic E-state index is 0.0736. The molecular weight excluding hydrogens is 306 g/mol. The average Bonchev–Trinajstić information content (AvgIpc) is 3.31. The number of hydrogen-bond acceptors (Lipinski definition) is 4. The zero-order valence-corrected chi connectivity index (χ0v) is 14.5. The summed E-state index contributed by atoms with van der Waals surface area (Å²) in [6.07, 6.45) is 9.36. The van der Waals surface area contributed by atoms with E-state index in [0.717, 1.165) is 64.0 Å². The van der Waals surface area contributed by atoms with Crippen molar-refractivity contribution in [2.45, 2.75) is 76.0 Å². The maximum atomic E-state index is 12.0. The maximum Gasteiger partial charge on any atom is 0.309 e. The Kier molecular flexibility index (Phi) is 6.11. The van der Waals surface area contributed by atoms with Gasteiger partial charge in [0, 0.05) is 31.7 Å². The van der Waals surface area contributed by atoms with Crippen molar-refractivity contribution in [1.82, 2.24) is 15.5 Å². The lowest BCUT2D eigenvalue weighted by Gasteiger charge is -2.37. The molecule has 2 amide bonds. The van der Waals surface area contributed by atoms with Crippen LogP contribution in [-0.2, 0) is 9.59 Å². The number of piperidine rings is 1. The second-order valence-electron chi connectivity index (χ2n) is 7.69. The molecular formula is C18H31N3O3. The van der Waals surface area contributed by atoms with Gasteiger partial charge in [0.05, 0.1) is 6.10 Å². The van der Waals surface area contributed by atoms with Crippen molar-refractivity contribution in [2.75, 3.05) is 19.6 Å². The van der Waals surface area contributed by atoms with Gasteiger partial charge in [0.15, 0.2) is 0 Å². The lowest BCUT2D eigenvalue weighted by molar-refractivity contribution is -0.139. The molecule has 3 fully saturated rings. The van der Waals surface area contributed by atoms with Crippen LogP contribution < -0.4 is 10.6 Å². The molecule has 0 bridgehead atoms. The highest BCUT2D eigenvalue weighted by Crippen LogP contribution is 2.33. The number of aliphatic hydroxyl groups excluding tert-OH is 1. The molecule has 1 saturated heterocycles. The zero-order chi connectivity index (χ0) is 16.9. The summed E-state index contributed by atoms with van der Waals surface area (Å²) in [7, 11) is 0. The van der Waals surface area contributed by atoms with Crippen LogP contribution in [0.25, 0.3) is 0 Å². The van der Waals surface area contributed by atoms with Crippen molar-refractivity contribution >= 4 is 11.8 Å². The summed E-state index contributed by atoms with van der Waals surface area (Å²) in [6.45, 7) is 2.37. The van der Waals surface area contributed by atoms with E-state index in [9.17, 15) is 14.7 Å². The quantitative estimate of drug-likeness (QED) is 0.494. The number of nitrogens with one attached hydrogen (secondary N) is 2. The molecule has 0 spiro atoms. The van der Waals surface area contributed by atoms with E-state index in [1.54, 1.807) is 0 Å². The summed E-state index contributed by atoms with van der Waals surface area (Å²) in [5, 5.41) is 15.6. The standard InChI is InChI=1S/C18H31N3O3/c22-16-5-1-4-15(16)21-11-8-14(9-12-21)20-18(24)17(23)19-10-2-3-13-6-7-13/h13-16,22H,1-12H2,(H,19,23)(H,20,24). The van der Waals surface area contributed by atoms with Gasteiger partial charge >= 0.3 is 11.8 Å². The normalized spacial score (nSPS) is 28.7. The third kappa shape index (κ3) is 4.93. The first kappa shape index (κ1) is 17.7. The second-order valence-corrected chi connectivity index (χ2v) is 7.69. The van der Waals surface area contributed by atoms with Crippen molar-refractivity contribution < 1.29 is 14.7 Å². The van der Waals surface area contributed by atoms with Crippen LogP contribution in [0, 0.1) is 5.92 Å². The number of amides is 2. The molecule has 0 radical (unpaired) electrons. The fraction of sp³-hybridized carbons (Fsp3) is 0.889. The van der Waals surface area contributed by atoms with Crippen LogP contribution >= 0.6 is 0 Å². The van der Waals surface area contributed by atoms with Crippen molar-refractivity contribution in [3.05, 3.63) is 0 Å². The van der Waals surface area contributed by atoms with Gasteiger partial charge in [-0.05, 0) is 50.9 Å². The van der Waals surface area contributed by atoms with Crippen LogP contribution in [-0.4, -0.2) is 59.6 Å². The van der Waals surface area contributed by atoms with Gasteiger partial charge in [-0.3, -0.25) is 14.5 Å². The molecule has 24 heavy (non-hydrogen) atoms. The number of hydrogen-bond donors (Lipinski definition) is 3. The first-order valence-electron chi connectivity index (χ1n) is 9.64. The van der Waals surface area contributed by atoms with Crippen molar-refractivity contribution in [3.63, 3.8) is 0 Å². The van der Waals surface area contributed by atoms with Gasteiger partial charge in [0.2, 0.25) is 0 Å².